The summed E-state index contributed by atoms with van der Waals surface area (Å²) in [5.41, 5.74) is 1.51. The highest BCUT2D eigenvalue weighted by Crippen LogP contribution is 2.20. The summed E-state index contributed by atoms with van der Waals surface area (Å²) < 4.78 is 40.2. The minimum atomic E-state index is -3.79. The van der Waals surface area contributed by atoms with Crippen molar-refractivity contribution in [1.29, 1.82) is 0 Å². The lowest BCUT2D eigenvalue weighted by atomic mass is 10.1. The highest BCUT2D eigenvalue weighted by atomic mass is 32.2. The van der Waals surface area contributed by atoms with Gasteiger partial charge in [-0.15, -0.1) is 0 Å². The second-order valence-corrected chi connectivity index (χ2v) is 9.59. The molecule has 1 N–H and O–H groups in total. The molecular weight excluding hydrogens is 433 g/mol. The first-order chi connectivity index (χ1) is 15.0. The van der Waals surface area contributed by atoms with Crippen LogP contribution in [0.2, 0.25) is 0 Å². The molecule has 0 saturated carbocycles. The third-order valence-electron chi connectivity index (χ3n) is 5.02. The van der Waals surface area contributed by atoms with E-state index in [1.807, 2.05) is 13.8 Å². The van der Waals surface area contributed by atoms with E-state index in [-0.39, 0.29) is 12.1 Å². The average Bonchev–Trinajstić information content (AvgIpc) is 2.74. The molecule has 2 rings (SSSR count). The number of nitrogens with zero attached hydrogens (tertiary/aromatic N) is 2. The van der Waals surface area contributed by atoms with Gasteiger partial charge in [0.05, 0.1) is 11.9 Å². The molecule has 174 valence electrons. The van der Waals surface area contributed by atoms with Gasteiger partial charge in [-0.2, -0.15) is 0 Å². The molecule has 0 aromatic heterocycles. The minimum absolute atomic E-state index is 0.169. The van der Waals surface area contributed by atoms with Gasteiger partial charge in [0.25, 0.3) is 0 Å². The van der Waals surface area contributed by atoms with E-state index in [1.54, 1.807) is 37.3 Å². The lowest BCUT2D eigenvalue weighted by Crippen LogP contribution is -2.51. The highest BCUT2D eigenvalue weighted by Gasteiger charge is 2.30. The third kappa shape index (κ3) is 6.78. The number of hydrogen-bond acceptors (Lipinski definition) is 4. The van der Waals surface area contributed by atoms with Crippen molar-refractivity contribution in [3.63, 3.8) is 0 Å². The van der Waals surface area contributed by atoms with Crippen LogP contribution in [-0.4, -0.2) is 50.5 Å². The molecule has 0 radical (unpaired) electrons. The maximum Gasteiger partial charge on any atom is 0.244 e. The maximum atomic E-state index is 14.3. The summed E-state index contributed by atoms with van der Waals surface area (Å²) in [6, 6.07) is 11.8. The van der Waals surface area contributed by atoms with Gasteiger partial charge < -0.3 is 10.2 Å². The van der Waals surface area contributed by atoms with Crippen LogP contribution in [0.1, 0.15) is 31.4 Å². The van der Waals surface area contributed by atoms with E-state index in [2.05, 4.69) is 5.32 Å². The Labute approximate surface area is 189 Å². The van der Waals surface area contributed by atoms with Crippen LogP contribution < -0.4 is 9.62 Å². The van der Waals surface area contributed by atoms with Crippen LogP contribution in [0.5, 0.6) is 0 Å². The Morgan fingerprint density at radius 3 is 2.28 bits per heavy atom. The molecule has 2 aromatic carbocycles. The van der Waals surface area contributed by atoms with E-state index < -0.39 is 40.2 Å². The Morgan fingerprint density at radius 2 is 1.72 bits per heavy atom. The fourth-order valence-electron chi connectivity index (χ4n) is 3.11. The lowest BCUT2D eigenvalue weighted by molar-refractivity contribution is -0.139. The van der Waals surface area contributed by atoms with Crippen LogP contribution in [-0.2, 0) is 26.2 Å². The van der Waals surface area contributed by atoms with Crippen LogP contribution in [0.25, 0.3) is 0 Å². The summed E-state index contributed by atoms with van der Waals surface area (Å²) in [5.74, 6) is -1.51. The van der Waals surface area contributed by atoms with Crippen LogP contribution in [0.15, 0.2) is 48.5 Å². The molecule has 2 aromatic rings. The van der Waals surface area contributed by atoms with Gasteiger partial charge in [-0.05, 0) is 38.5 Å². The number of benzene rings is 2. The first kappa shape index (κ1) is 25.3. The summed E-state index contributed by atoms with van der Waals surface area (Å²) in [7, 11) is -3.79. The van der Waals surface area contributed by atoms with E-state index in [9.17, 15) is 22.4 Å². The molecule has 0 spiro atoms. The predicted molar refractivity (Wildman–Crippen MR) is 123 cm³/mol. The van der Waals surface area contributed by atoms with E-state index in [1.165, 1.54) is 23.1 Å². The SMILES string of the molecule is CCCNC(=O)[C@@H](C)N(Cc1ccccc1F)C(=O)CN(c1ccc(C)cc1)S(C)(=O)=O. The largest absolute Gasteiger partial charge is 0.354 e. The van der Waals surface area contributed by atoms with Gasteiger partial charge in [-0.3, -0.25) is 13.9 Å². The Hall–Kier alpha value is -2.94. The molecule has 2 amide bonds. The average molecular weight is 464 g/mol. The van der Waals surface area contributed by atoms with Crippen molar-refractivity contribution in [1.82, 2.24) is 10.2 Å². The molecule has 0 heterocycles. The van der Waals surface area contributed by atoms with Gasteiger partial charge in [0.2, 0.25) is 21.8 Å². The monoisotopic (exact) mass is 463 g/mol. The summed E-state index contributed by atoms with van der Waals surface area (Å²) in [6.45, 7) is 5.06. The highest BCUT2D eigenvalue weighted by molar-refractivity contribution is 7.92. The van der Waals surface area contributed by atoms with E-state index in [0.717, 1.165) is 22.5 Å². The van der Waals surface area contributed by atoms with Gasteiger partial charge in [0.1, 0.15) is 18.4 Å². The molecule has 0 unspecified atom stereocenters. The van der Waals surface area contributed by atoms with Gasteiger partial charge >= 0.3 is 0 Å². The number of amides is 2. The van der Waals surface area contributed by atoms with E-state index in [0.29, 0.717) is 12.2 Å². The number of carbonyl (C=O) groups is 2. The fraction of sp³-hybridized carbons (Fsp3) is 0.391. The smallest absolute Gasteiger partial charge is 0.244 e. The van der Waals surface area contributed by atoms with Crippen LogP contribution in [0.3, 0.4) is 0 Å². The number of aryl methyl sites for hydroxylation is 1. The maximum absolute atomic E-state index is 14.3. The molecule has 0 fully saturated rings. The normalized spacial score (nSPS) is 12.2. The Morgan fingerprint density at radius 1 is 1.09 bits per heavy atom. The Balaban J connectivity index is 2.37. The van der Waals surface area contributed by atoms with Crippen molar-refractivity contribution in [2.24, 2.45) is 0 Å². The predicted octanol–water partition coefficient (Wildman–Crippen LogP) is 2.84. The molecule has 32 heavy (non-hydrogen) atoms. The van der Waals surface area contributed by atoms with Crippen LogP contribution >= 0.6 is 0 Å². The number of anilines is 1. The second-order valence-electron chi connectivity index (χ2n) is 7.69. The van der Waals surface area contributed by atoms with Crippen molar-refractivity contribution in [3.8, 4) is 0 Å². The topological polar surface area (TPSA) is 86.8 Å². The zero-order valence-electron chi connectivity index (χ0n) is 18.8. The number of carbonyl (C=O) groups excluding carboxylic acids is 2. The first-order valence-corrected chi connectivity index (χ1v) is 12.2. The molecular formula is C23H30FN3O4S. The number of halogens is 1. The third-order valence-corrected chi connectivity index (χ3v) is 6.16. The van der Waals surface area contributed by atoms with E-state index >= 15 is 0 Å². The van der Waals surface area contributed by atoms with Gasteiger partial charge in [0.15, 0.2) is 0 Å². The molecule has 0 aliphatic rings. The van der Waals surface area contributed by atoms with E-state index in [4.69, 9.17) is 0 Å². The number of sulfonamides is 1. The number of hydrogen-bond donors (Lipinski definition) is 1. The van der Waals surface area contributed by atoms with Crippen LogP contribution in [0.4, 0.5) is 10.1 Å². The Kier molecular flexibility index (Phi) is 8.77. The first-order valence-electron chi connectivity index (χ1n) is 10.4. The minimum Gasteiger partial charge on any atom is -0.354 e. The zero-order valence-corrected chi connectivity index (χ0v) is 19.7. The van der Waals surface area contributed by atoms with Crippen molar-refractivity contribution >= 4 is 27.5 Å². The standard InChI is InChI=1S/C23H30FN3O4S/c1-5-14-25-23(29)18(3)26(15-19-8-6-7-9-21(19)24)22(28)16-27(32(4,30)31)20-12-10-17(2)11-13-20/h6-13,18H,5,14-16H2,1-4H3,(H,25,29)/t18-/m1/s1. The van der Waals surface area contributed by atoms with Crippen molar-refractivity contribution in [2.45, 2.75) is 39.8 Å². The fourth-order valence-corrected chi connectivity index (χ4v) is 3.96. The van der Waals surface area contributed by atoms with Gasteiger partial charge in [-0.1, -0.05) is 42.8 Å². The summed E-state index contributed by atoms with van der Waals surface area (Å²) in [5, 5.41) is 2.73. The van der Waals surface area contributed by atoms with Crippen LogP contribution in [0, 0.1) is 12.7 Å². The van der Waals surface area contributed by atoms with Crippen molar-refractivity contribution < 1.29 is 22.4 Å². The molecule has 0 aliphatic carbocycles. The van der Waals surface area contributed by atoms with Crippen molar-refractivity contribution in [2.75, 3.05) is 23.7 Å². The molecule has 0 bridgehead atoms. The number of nitrogens with one attached hydrogen (secondary N) is 1. The zero-order chi connectivity index (χ0) is 23.9. The van der Waals surface area contributed by atoms with Gasteiger partial charge in [0, 0.05) is 18.7 Å². The second kappa shape index (κ2) is 11.1. The number of rotatable bonds is 10. The summed E-state index contributed by atoms with van der Waals surface area (Å²) in [6.07, 6.45) is 1.73. The molecule has 0 aliphatic heterocycles. The molecule has 0 saturated heterocycles. The quantitative estimate of drug-likeness (QED) is 0.587. The summed E-state index contributed by atoms with van der Waals surface area (Å²) >= 11 is 0. The Bertz CT molecular complexity index is 1040. The van der Waals surface area contributed by atoms with Crippen molar-refractivity contribution in [3.05, 3.63) is 65.5 Å². The molecule has 1 atom stereocenters. The summed E-state index contributed by atoms with van der Waals surface area (Å²) in [4.78, 5) is 27.1. The van der Waals surface area contributed by atoms with Gasteiger partial charge in [-0.25, -0.2) is 12.8 Å². The molecule has 7 nitrogen and oxygen atoms in total. The lowest BCUT2D eigenvalue weighted by Gasteiger charge is -2.31. The molecule has 9 heteroatoms.